The lowest BCUT2D eigenvalue weighted by Crippen LogP contribution is -2.45. The van der Waals surface area contributed by atoms with Gasteiger partial charge in [0.1, 0.15) is 5.60 Å². The van der Waals surface area contributed by atoms with Crippen LogP contribution in [0.5, 0.6) is 0 Å². The van der Waals surface area contributed by atoms with Crippen LogP contribution in [0.4, 0.5) is 4.79 Å². The number of rotatable bonds is 5. The van der Waals surface area contributed by atoms with Crippen molar-refractivity contribution in [3.63, 3.8) is 0 Å². The van der Waals surface area contributed by atoms with Crippen LogP contribution in [0.2, 0.25) is 0 Å². The summed E-state index contributed by atoms with van der Waals surface area (Å²) in [6, 6.07) is 0. The Labute approximate surface area is 129 Å². The minimum atomic E-state index is -0.401. The van der Waals surface area contributed by atoms with E-state index in [1.807, 2.05) is 25.7 Å². The van der Waals surface area contributed by atoms with E-state index in [0.29, 0.717) is 5.92 Å². The first-order valence-electron chi connectivity index (χ1n) is 8.54. The summed E-state index contributed by atoms with van der Waals surface area (Å²) < 4.78 is 5.47. The van der Waals surface area contributed by atoms with E-state index in [4.69, 9.17) is 4.74 Å². The van der Waals surface area contributed by atoms with Gasteiger partial charge in [-0.1, -0.05) is 6.92 Å². The smallest absolute Gasteiger partial charge is 0.410 e. The molecule has 0 spiro atoms. The maximum absolute atomic E-state index is 12.1. The number of ether oxygens (including phenoxy) is 1. The molecule has 1 saturated carbocycles. The van der Waals surface area contributed by atoms with Crippen molar-refractivity contribution < 1.29 is 9.53 Å². The van der Waals surface area contributed by atoms with Crippen molar-refractivity contribution in [2.45, 2.75) is 59.0 Å². The number of hydrogen-bond donors (Lipinski definition) is 1. The van der Waals surface area contributed by atoms with Crippen molar-refractivity contribution in [2.75, 3.05) is 26.2 Å². The van der Waals surface area contributed by atoms with Crippen LogP contribution in [0.1, 0.15) is 53.4 Å². The molecule has 2 fully saturated rings. The summed E-state index contributed by atoms with van der Waals surface area (Å²) >= 11 is 0. The molecule has 0 aromatic rings. The van der Waals surface area contributed by atoms with E-state index < -0.39 is 5.60 Å². The quantitative estimate of drug-likeness (QED) is 0.846. The fraction of sp³-hybridized carbons (Fsp3) is 0.941. The first kappa shape index (κ1) is 16.6. The third-order valence-corrected chi connectivity index (χ3v) is 4.50. The summed E-state index contributed by atoms with van der Waals surface area (Å²) in [7, 11) is 0. The van der Waals surface area contributed by atoms with Gasteiger partial charge in [0, 0.05) is 13.1 Å². The average Bonchev–Trinajstić information content (AvgIpc) is 3.21. The first-order chi connectivity index (χ1) is 9.85. The van der Waals surface area contributed by atoms with E-state index >= 15 is 0 Å². The largest absolute Gasteiger partial charge is 0.444 e. The van der Waals surface area contributed by atoms with Gasteiger partial charge in [-0.15, -0.1) is 0 Å². The maximum atomic E-state index is 12.1. The van der Waals surface area contributed by atoms with Crippen LogP contribution < -0.4 is 5.32 Å². The Morgan fingerprint density at radius 2 is 2.05 bits per heavy atom. The van der Waals surface area contributed by atoms with Gasteiger partial charge < -0.3 is 15.0 Å². The second-order valence-electron chi connectivity index (χ2n) is 7.91. The van der Waals surface area contributed by atoms with Gasteiger partial charge in [0.2, 0.25) is 0 Å². The summed E-state index contributed by atoms with van der Waals surface area (Å²) in [5.41, 5.74) is -0.401. The van der Waals surface area contributed by atoms with Gasteiger partial charge in [-0.05, 0) is 77.3 Å². The second-order valence-corrected chi connectivity index (χ2v) is 7.91. The Bertz CT molecular complexity index is 347. The highest BCUT2D eigenvalue weighted by molar-refractivity contribution is 5.68. The van der Waals surface area contributed by atoms with Gasteiger partial charge >= 0.3 is 6.09 Å². The fourth-order valence-electron chi connectivity index (χ4n) is 3.07. The van der Waals surface area contributed by atoms with Crippen LogP contribution in [0, 0.1) is 17.8 Å². The molecule has 1 heterocycles. The highest BCUT2D eigenvalue weighted by Crippen LogP contribution is 2.36. The Hall–Kier alpha value is -0.770. The monoisotopic (exact) mass is 296 g/mol. The van der Waals surface area contributed by atoms with Gasteiger partial charge in [-0.3, -0.25) is 0 Å². The third-order valence-electron chi connectivity index (χ3n) is 4.50. The average molecular weight is 296 g/mol. The number of amides is 1. The van der Waals surface area contributed by atoms with Gasteiger partial charge in [-0.25, -0.2) is 4.79 Å². The molecule has 2 rings (SSSR count). The van der Waals surface area contributed by atoms with Crippen molar-refractivity contribution in [3.8, 4) is 0 Å². The standard InChI is InChI=1S/C17H32N2O2/c1-13(15-7-8-15)10-18-11-14-6-5-9-19(12-14)16(20)21-17(2,3)4/h13-15,18H,5-12H2,1-4H3. The molecule has 2 atom stereocenters. The topological polar surface area (TPSA) is 41.6 Å². The van der Waals surface area contributed by atoms with Crippen LogP contribution in [0.25, 0.3) is 0 Å². The molecule has 0 aromatic heterocycles. The predicted octanol–water partition coefficient (Wildman–Crippen LogP) is 3.27. The lowest BCUT2D eigenvalue weighted by Gasteiger charge is -2.34. The van der Waals surface area contributed by atoms with E-state index in [1.54, 1.807) is 0 Å². The van der Waals surface area contributed by atoms with Crippen LogP contribution in [-0.2, 0) is 4.74 Å². The van der Waals surface area contributed by atoms with Crippen LogP contribution in [-0.4, -0.2) is 42.8 Å². The summed E-state index contributed by atoms with van der Waals surface area (Å²) in [4.78, 5) is 14.0. The zero-order chi connectivity index (χ0) is 15.5. The Morgan fingerprint density at radius 3 is 2.67 bits per heavy atom. The number of piperidine rings is 1. The zero-order valence-electron chi connectivity index (χ0n) is 14.2. The normalized spacial score (nSPS) is 24.8. The molecule has 1 aliphatic heterocycles. The first-order valence-corrected chi connectivity index (χ1v) is 8.54. The van der Waals surface area contributed by atoms with Crippen molar-refractivity contribution in [1.29, 1.82) is 0 Å². The number of nitrogens with one attached hydrogen (secondary N) is 1. The summed E-state index contributed by atoms with van der Waals surface area (Å²) in [5, 5.41) is 3.61. The molecule has 2 aliphatic rings. The molecule has 0 radical (unpaired) electrons. The minimum absolute atomic E-state index is 0.154. The molecule has 122 valence electrons. The van der Waals surface area contributed by atoms with Gasteiger partial charge in [-0.2, -0.15) is 0 Å². The lowest BCUT2D eigenvalue weighted by molar-refractivity contribution is 0.0166. The van der Waals surface area contributed by atoms with E-state index in [0.717, 1.165) is 44.4 Å². The summed E-state index contributed by atoms with van der Waals surface area (Å²) in [6.45, 7) is 11.9. The van der Waals surface area contributed by atoms with Crippen molar-refractivity contribution in [1.82, 2.24) is 10.2 Å². The molecule has 1 aliphatic carbocycles. The predicted molar refractivity (Wildman–Crippen MR) is 85.3 cm³/mol. The van der Waals surface area contributed by atoms with Crippen LogP contribution >= 0.6 is 0 Å². The Kier molecular flexibility index (Phi) is 5.53. The van der Waals surface area contributed by atoms with Crippen LogP contribution in [0.3, 0.4) is 0 Å². The minimum Gasteiger partial charge on any atom is -0.444 e. The molecule has 1 N–H and O–H groups in total. The number of nitrogens with zero attached hydrogens (tertiary/aromatic N) is 1. The molecule has 1 amide bonds. The molecule has 4 nitrogen and oxygen atoms in total. The van der Waals surface area contributed by atoms with E-state index in [2.05, 4.69) is 12.2 Å². The number of carbonyl (C=O) groups is 1. The van der Waals surface area contributed by atoms with E-state index in [-0.39, 0.29) is 6.09 Å². The Balaban J connectivity index is 1.68. The van der Waals surface area contributed by atoms with E-state index in [1.165, 1.54) is 19.3 Å². The third kappa shape index (κ3) is 5.85. The molecule has 1 saturated heterocycles. The molecule has 0 bridgehead atoms. The molecule has 21 heavy (non-hydrogen) atoms. The SMILES string of the molecule is CC(CNCC1CCCN(C(=O)OC(C)(C)C)C1)C1CC1. The van der Waals surface area contributed by atoms with Gasteiger partial charge in [0.05, 0.1) is 0 Å². The van der Waals surface area contributed by atoms with E-state index in [9.17, 15) is 4.79 Å². The van der Waals surface area contributed by atoms with Gasteiger partial charge in [0.25, 0.3) is 0 Å². The summed E-state index contributed by atoms with van der Waals surface area (Å²) in [6.07, 6.45) is 4.98. The Morgan fingerprint density at radius 1 is 1.33 bits per heavy atom. The molecular weight excluding hydrogens is 264 g/mol. The number of carbonyl (C=O) groups excluding carboxylic acids is 1. The molecule has 2 unspecified atom stereocenters. The molecule has 4 heteroatoms. The maximum Gasteiger partial charge on any atom is 0.410 e. The second kappa shape index (κ2) is 6.99. The zero-order valence-corrected chi connectivity index (χ0v) is 14.2. The number of likely N-dealkylation sites (tertiary alicyclic amines) is 1. The van der Waals surface area contributed by atoms with Crippen LogP contribution in [0.15, 0.2) is 0 Å². The van der Waals surface area contributed by atoms with Crippen molar-refractivity contribution in [2.24, 2.45) is 17.8 Å². The molecular formula is C17H32N2O2. The molecule has 0 aromatic carbocycles. The van der Waals surface area contributed by atoms with Gasteiger partial charge in [0.15, 0.2) is 0 Å². The van der Waals surface area contributed by atoms with Crippen molar-refractivity contribution >= 4 is 6.09 Å². The highest BCUT2D eigenvalue weighted by atomic mass is 16.6. The lowest BCUT2D eigenvalue weighted by atomic mass is 9.98. The fourth-order valence-corrected chi connectivity index (χ4v) is 3.07. The highest BCUT2D eigenvalue weighted by Gasteiger charge is 2.29. The summed E-state index contributed by atoms with van der Waals surface area (Å²) in [5.74, 6) is 2.33. The number of hydrogen-bond acceptors (Lipinski definition) is 3. The van der Waals surface area contributed by atoms with Crippen molar-refractivity contribution in [3.05, 3.63) is 0 Å².